The summed E-state index contributed by atoms with van der Waals surface area (Å²) in [5, 5.41) is 3.66. The Balaban J connectivity index is 1.41. The Labute approximate surface area is 141 Å². The minimum atomic E-state index is 0.0249. The average Bonchev–Trinajstić information content (AvgIpc) is 2.97. The molecule has 0 spiro atoms. The number of H-pyrrole nitrogens is 1. The molecule has 0 amide bonds. The van der Waals surface area contributed by atoms with Gasteiger partial charge in [-0.2, -0.15) is 0 Å². The second-order valence-electron chi connectivity index (χ2n) is 6.69. The van der Waals surface area contributed by atoms with Gasteiger partial charge in [0.25, 0.3) is 0 Å². The van der Waals surface area contributed by atoms with E-state index in [1.165, 1.54) is 5.56 Å². The van der Waals surface area contributed by atoms with E-state index in [-0.39, 0.29) is 5.69 Å². The Kier molecular flexibility index (Phi) is 4.22. The van der Waals surface area contributed by atoms with Gasteiger partial charge in [0.1, 0.15) is 0 Å². The second-order valence-corrected chi connectivity index (χ2v) is 6.69. The van der Waals surface area contributed by atoms with Crippen LogP contribution in [0.5, 0.6) is 0 Å². The maximum Gasteiger partial charge on any atom is 0.326 e. The van der Waals surface area contributed by atoms with Gasteiger partial charge in [0.05, 0.1) is 11.0 Å². The highest BCUT2D eigenvalue weighted by Gasteiger charge is 2.24. The third kappa shape index (κ3) is 3.02. The van der Waals surface area contributed by atoms with Crippen LogP contribution in [0, 0.1) is 0 Å². The molecule has 1 saturated carbocycles. The average molecular weight is 321 g/mol. The van der Waals surface area contributed by atoms with Gasteiger partial charge in [-0.1, -0.05) is 42.5 Å². The van der Waals surface area contributed by atoms with Crippen molar-refractivity contribution in [3.8, 4) is 0 Å². The van der Waals surface area contributed by atoms with E-state index in [0.29, 0.717) is 12.1 Å². The third-order valence-corrected chi connectivity index (χ3v) is 5.12. The quantitative estimate of drug-likeness (QED) is 0.771. The van der Waals surface area contributed by atoms with Crippen molar-refractivity contribution >= 4 is 11.0 Å². The molecular formula is C20H23N3O. The van der Waals surface area contributed by atoms with Crippen LogP contribution in [-0.4, -0.2) is 15.6 Å². The lowest BCUT2D eigenvalue weighted by molar-refractivity contribution is 0.290. The van der Waals surface area contributed by atoms with Gasteiger partial charge in [0.2, 0.25) is 0 Å². The summed E-state index contributed by atoms with van der Waals surface area (Å²) >= 11 is 0. The van der Waals surface area contributed by atoms with E-state index in [0.717, 1.165) is 43.3 Å². The summed E-state index contributed by atoms with van der Waals surface area (Å²) in [6.45, 7) is 0.920. The molecule has 1 aliphatic rings. The molecule has 0 bridgehead atoms. The van der Waals surface area contributed by atoms with Crippen molar-refractivity contribution in [3.05, 3.63) is 70.6 Å². The van der Waals surface area contributed by atoms with E-state index in [1.54, 1.807) is 0 Å². The van der Waals surface area contributed by atoms with Crippen LogP contribution in [-0.2, 0) is 6.54 Å². The van der Waals surface area contributed by atoms with Gasteiger partial charge in [-0.3, -0.25) is 4.57 Å². The predicted molar refractivity (Wildman–Crippen MR) is 97.1 cm³/mol. The topological polar surface area (TPSA) is 49.8 Å². The molecule has 1 aliphatic carbocycles. The number of rotatable bonds is 4. The number of imidazole rings is 1. The van der Waals surface area contributed by atoms with Gasteiger partial charge in [-0.15, -0.1) is 0 Å². The van der Waals surface area contributed by atoms with Crippen LogP contribution < -0.4 is 11.0 Å². The first-order chi connectivity index (χ1) is 11.8. The maximum absolute atomic E-state index is 12.3. The molecule has 0 radical (unpaired) electrons. The highest BCUT2D eigenvalue weighted by Crippen LogP contribution is 2.29. The third-order valence-electron chi connectivity index (χ3n) is 5.12. The molecule has 0 atom stereocenters. The van der Waals surface area contributed by atoms with E-state index in [9.17, 15) is 4.79 Å². The number of hydrogen-bond acceptors (Lipinski definition) is 2. The van der Waals surface area contributed by atoms with E-state index in [2.05, 4.69) is 34.6 Å². The van der Waals surface area contributed by atoms with Gasteiger partial charge in [-0.05, 0) is 43.4 Å². The summed E-state index contributed by atoms with van der Waals surface area (Å²) in [4.78, 5) is 15.3. The molecule has 1 fully saturated rings. The molecule has 124 valence electrons. The summed E-state index contributed by atoms with van der Waals surface area (Å²) in [6.07, 6.45) is 4.33. The lowest BCUT2D eigenvalue weighted by Gasteiger charge is -2.30. The molecule has 3 aromatic rings. The van der Waals surface area contributed by atoms with Gasteiger partial charge >= 0.3 is 5.69 Å². The lowest BCUT2D eigenvalue weighted by atomic mass is 9.90. The summed E-state index contributed by atoms with van der Waals surface area (Å²) in [7, 11) is 0. The van der Waals surface area contributed by atoms with Crippen molar-refractivity contribution in [1.82, 2.24) is 14.9 Å². The first kappa shape index (κ1) is 15.2. The Hall–Kier alpha value is -2.33. The van der Waals surface area contributed by atoms with Crippen LogP contribution in [0.4, 0.5) is 0 Å². The highest BCUT2D eigenvalue weighted by atomic mass is 16.1. The van der Waals surface area contributed by atoms with Crippen molar-refractivity contribution in [2.45, 2.75) is 44.3 Å². The SMILES string of the molecule is O=c1[nH]c2ccccc2n1[C@H]1CC[C@H](NCc2ccccc2)CC1. The van der Waals surface area contributed by atoms with E-state index in [4.69, 9.17) is 0 Å². The zero-order valence-electron chi connectivity index (χ0n) is 13.7. The fourth-order valence-electron chi connectivity index (χ4n) is 3.83. The van der Waals surface area contributed by atoms with Crippen LogP contribution in [0.3, 0.4) is 0 Å². The van der Waals surface area contributed by atoms with E-state index in [1.807, 2.05) is 34.9 Å². The summed E-state index contributed by atoms with van der Waals surface area (Å²) in [5.41, 5.74) is 3.32. The first-order valence-corrected chi connectivity index (χ1v) is 8.78. The summed E-state index contributed by atoms with van der Waals surface area (Å²) < 4.78 is 1.96. The predicted octanol–water partition coefficient (Wildman–Crippen LogP) is 3.60. The minimum Gasteiger partial charge on any atom is -0.310 e. The summed E-state index contributed by atoms with van der Waals surface area (Å²) in [5.74, 6) is 0. The zero-order valence-corrected chi connectivity index (χ0v) is 13.7. The summed E-state index contributed by atoms with van der Waals surface area (Å²) in [6, 6.07) is 19.3. The van der Waals surface area contributed by atoms with Crippen molar-refractivity contribution in [2.75, 3.05) is 0 Å². The van der Waals surface area contributed by atoms with Gasteiger partial charge in [0.15, 0.2) is 0 Å². The molecule has 0 aliphatic heterocycles. The van der Waals surface area contributed by atoms with Crippen LogP contribution in [0.1, 0.15) is 37.3 Å². The van der Waals surface area contributed by atoms with Crippen LogP contribution >= 0.6 is 0 Å². The monoisotopic (exact) mass is 321 g/mol. The molecule has 2 aromatic carbocycles. The number of fused-ring (bicyclic) bond motifs is 1. The Bertz CT molecular complexity index is 857. The van der Waals surface area contributed by atoms with Crippen molar-refractivity contribution in [3.63, 3.8) is 0 Å². The highest BCUT2D eigenvalue weighted by molar-refractivity contribution is 5.75. The molecule has 0 saturated heterocycles. The normalized spacial score (nSPS) is 21.2. The van der Waals surface area contributed by atoms with Crippen LogP contribution in [0.25, 0.3) is 11.0 Å². The second kappa shape index (κ2) is 6.65. The smallest absolute Gasteiger partial charge is 0.310 e. The van der Waals surface area contributed by atoms with Crippen LogP contribution in [0.15, 0.2) is 59.4 Å². The fourth-order valence-corrected chi connectivity index (χ4v) is 3.83. The largest absolute Gasteiger partial charge is 0.326 e. The van der Waals surface area contributed by atoms with E-state index < -0.39 is 0 Å². The van der Waals surface area contributed by atoms with Crippen LogP contribution in [0.2, 0.25) is 0 Å². The molecule has 4 nitrogen and oxygen atoms in total. The van der Waals surface area contributed by atoms with Crippen molar-refractivity contribution in [2.24, 2.45) is 0 Å². The molecule has 0 unspecified atom stereocenters. The molecule has 4 rings (SSSR count). The van der Waals surface area contributed by atoms with E-state index >= 15 is 0 Å². The first-order valence-electron chi connectivity index (χ1n) is 8.78. The molecular weight excluding hydrogens is 298 g/mol. The fraction of sp³-hybridized carbons (Fsp3) is 0.350. The molecule has 2 N–H and O–H groups in total. The number of aromatic nitrogens is 2. The van der Waals surface area contributed by atoms with Gasteiger partial charge < -0.3 is 10.3 Å². The Morgan fingerprint density at radius 1 is 0.958 bits per heavy atom. The molecule has 1 aromatic heterocycles. The number of nitrogens with one attached hydrogen (secondary N) is 2. The number of aromatic amines is 1. The number of nitrogens with zero attached hydrogens (tertiary/aromatic N) is 1. The standard InChI is InChI=1S/C20H23N3O/c24-20-22-18-8-4-5-9-19(18)23(20)17-12-10-16(11-13-17)21-14-15-6-2-1-3-7-15/h1-9,16-17,21H,10-14H2,(H,22,24)/t16-,17-. The Morgan fingerprint density at radius 3 is 2.46 bits per heavy atom. The van der Waals surface area contributed by atoms with Crippen molar-refractivity contribution in [1.29, 1.82) is 0 Å². The number of hydrogen-bond donors (Lipinski definition) is 2. The molecule has 4 heteroatoms. The minimum absolute atomic E-state index is 0.0249. The number of para-hydroxylation sites is 2. The lowest BCUT2D eigenvalue weighted by Crippen LogP contribution is -2.35. The van der Waals surface area contributed by atoms with Gasteiger partial charge in [0, 0.05) is 18.6 Å². The Morgan fingerprint density at radius 2 is 1.67 bits per heavy atom. The van der Waals surface area contributed by atoms with Crippen molar-refractivity contribution < 1.29 is 0 Å². The molecule has 1 heterocycles. The zero-order chi connectivity index (χ0) is 16.4. The molecule has 24 heavy (non-hydrogen) atoms. The maximum atomic E-state index is 12.3. The van der Waals surface area contributed by atoms with Gasteiger partial charge in [-0.25, -0.2) is 4.79 Å². The number of benzene rings is 2.